The fourth-order valence-corrected chi connectivity index (χ4v) is 5.28. The van der Waals surface area contributed by atoms with Gasteiger partial charge in [0, 0.05) is 5.69 Å². The number of benzene rings is 3. The quantitative estimate of drug-likeness (QED) is 0.118. The molecule has 47 heavy (non-hydrogen) atoms. The lowest BCUT2D eigenvalue weighted by Crippen LogP contribution is -2.36. The topological polar surface area (TPSA) is 150 Å². The van der Waals surface area contributed by atoms with Gasteiger partial charge in [0.2, 0.25) is 5.91 Å². The van der Waals surface area contributed by atoms with Crippen molar-refractivity contribution in [3.63, 3.8) is 0 Å². The van der Waals surface area contributed by atoms with Gasteiger partial charge in [0.15, 0.2) is 18.1 Å². The number of nitrogens with zero attached hydrogens (tertiary/aromatic N) is 1. The minimum Gasteiger partial charge on any atom is -0.495 e. The molecule has 0 aliphatic carbocycles. The second-order valence-corrected chi connectivity index (χ2v) is 11.3. The largest absolute Gasteiger partial charge is 0.495 e. The molecule has 4 rings (SSSR count). The summed E-state index contributed by atoms with van der Waals surface area (Å²) in [7, 11) is 2.92. The highest BCUT2D eigenvalue weighted by atomic mass is 35.5. The first-order valence-electron chi connectivity index (χ1n) is 14.4. The normalized spacial score (nSPS) is 13.4. The zero-order valence-corrected chi connectivity index (χ0v) is 27.4. The van der Waals surface area contributed by atoms with Crippen LogP contribution >= 0.6 is 23.4 Å². The third kappa shape index (κ3) is 9.27. The van der Waals surface area contributed by atoms with Crippen molar-refractivity contribution in [2.75, 3.05) is 44.6 Å². The number of thioether (sulfide) groups is 1. The Kier molecular flexibility index (Phi) is 12.3. The van der Waals surface area contributed by atoms with E-state index in [1.54, 1.807) is 42.5 Å². The van der Waals surface area contributed by atoms with E-state index in [9.17, 15) is 24.0 Å². The van der Waals surface area contributed by atoms with E-state index in [2.05, 4.69) is 10.6 Å². The van der Waals surface area contributed by atoms with E-state index in [0.29, 0.717) is 40.9 Å². The number of rotatable bonds is 14. The third-order valence-corrected chi connectivity index (χ3v) is 7.84. The molecule has 0 radical (unpaired) electrons. The minimum absolute atomic E-state index is 0.0811. The highest BCUT2D eigenvalue weighted by Crippen LogP contribution is 2.35. The lowest BCUT2D eigenvalue weighted by Gasteiger charge is -2.13. The van der Waals surface area contributed by atoms with Crippen LogP contribution in [0.4, 0.5) is 16.2 Å². The summed E-state index contributed by atoms with van der Waals surface area (Å²) in [5, 5.41) is 4.83. The van der Waals surface area contributed by atoms with Crippen LogP contribution < -0.4 is 24.8 Å². The van der Waals surface area contributed by atoms with Crippen LogP contribution in [0.1, 0.15) is 35.7 Å². The number of ether oxygens (including phenoxy) is 4. The van der Waals surface area contributed by atoms with Crippen LogP contribution in [0.2, 0.25) is 5.02 Å². The van der Waals surface area contributed by atoms with E-state index < -0.39 is 35.5 Å². The molecule has 1 fully saturated rings. The van der Waals surface area contributed by atoms with Gasteiger partial charge >= 0.3 is 5.97 Å². The molecule has 3 aromatic rings. The Hall–Kier alpha value is -5.01. The lowest BCUT2D eigenvalue weighted by molar-refractivity contribution is -0.127. The number of carbonyl (C=O) groups is 5. The molecule has 0 bridgehead atoms. The summed E-state index contributed by atoms with van der Waals surface area (Å²) >= 11 is 6.82. The van der Waals surface area contributed by atoms with Crippen molar-refractivity contribution in [1.82, 2.24) is 4.90 Å². The maximum atomic E-state index is 13.1. The summed E-state index contributed by atoms with van der Waals surface area (Å²) in [6.07, 6.45) is 3.04. The highest BCUT2D eigenvalue weighted by Gasteiger charge is 2.36. The van der Waals surface area contributed by atoms with Gasteiger partial charge in [0.1, 0.15) is 12.3 Å². The zero-order chi connectivity index (χ0) is 33.9. The Labute approximate surface area is 280 Å². The molecule has 0 spiro atoms. The number of nitrogens with one attached hydrogen (secondary N) is 2. The molecule has 246 valence electrons. The monoisotopic (exact) mass is 681 g/mol. The van der Waals surface area contributed by atoms with Crippen LogP contribution in [-0.4, -0.2) is 67.8 Å². The summed E-state index contributed by atoms with van der Waals surface area (Å²) in [5.74, 6) is -1.27. The number of methoxy groups -OCH3 is 2. The van der Waals surface area contributed by atoms with Crippen LogP contribution in [0.25, 0.3) is 6.08 Å². The first-order chi connectivity index (χ1) is 22.6. The van der Waals surface area contributed by atoms with E-state index in [4.69, 9.17) is 30.5 Å². The molecule has 1 heterocycles. The molecular weight excluding hydrogens is 650 g/mol. The highest BCUT2D eigenvalue weighted by molar-refractivity contribution is 8.18. The van der Waals surface area contributed by atoms with Crippen molar-refractivity contribution < 1.29 is 42.9 Å². The summed E-state index contributed by atoms with van der Waals surface area (Å²) in [4.78, 5) is 64.2. The molecule has 12 nitrogen and oxygen atoms in total. The number of para-hydroxylation sites is 2. The molecule has 1 saturated heterocycles. The summed E-state index contributed by atoms with van der Waals surface area (Å²) in [5.41, 5.74) is 1.34. The fourth-order valence-electron chi connectivity index (χ4n) is 4.25. The number of hydrogen-bond donors (Lipinski definition) is 2. The van der Waals surface area contributed by atoms with Crippen LogP contribution in [0.15, 0.2) is 65.6 Å². The van der Waals surface area contributed by atoms with Gasteiger partial charge in [-0.2, -0.15) is 0 Å². The van der Waals surface area contributed by atoms with Gasteiger partial charge in [0.25, 0.3) is 17.1 Å². The van der Waals surface area contributed by atoms with Gasteiger partial charge in [-0.3, -0.25) is 24.1 Å². The van der Waals surface area contributed by atoms with E-state index in [-0.39, 0.29) is 40.1 Å². The first kappa shape index (κ1) is 34.9. The van der Waals surface area contributed by atoms with Crippen molar-refractivity contribution in [3.05, 3.63) is 81.7 Å². The maximum Gasteiger partial charge on any atom is 0.339 e. The molecule has 4 amide bonds. The van der Waals surface area contributed by atoms with Crippen LogP contribution in [0.5, 0.6) is 17.2 Å². The van der Waals surface area contributed by atoms with Gasteiger partial charge in [-0.1, -0.05) is 43.1 Å². The molecule has 1 aliphatic rings. The van der Waals surface area contributed by atoms with Gasteiger partial charge in [-0.05, 0) is 72.3 Å². The standard InChI is InChI=1S/C33H32ClN3O9S/c1-4-5-14-45-32(41)22-17-21(11-12-23(22)34)35-29(38)18-37-31(40)28(47-33(37)42)16-20-10-13-26(27(15-20)44-3)46-19-30(39)36-24-8-6-7-9-25(24)43-2/h6-13,15-17H,4-5,14,18-19H2,1-3H3,(H,35,38)(H,36,39)/b28-16-. The van der Waals surface area contributed by atoms with Crippen LogP contribution in [0, 0.1) is 0 Å². The molecule has 0 aromatic heterocycles. The Morgan fingerprint density at radius 2 is 1.68 bits per heavy atom. The average molecular weight is 682 g/mol. The maximum absolute atomic E-state index is 13.1. The molecule has 2 N–H and O–H groups in total. The second-order valence-electron chi connectivity index (χ2n) is 9.95. The number of esters is 1. The van der Waals surface area contributed by atoms with Crippen LogP contribution in [0.3, 0.4) is 0 Å². The molecule has 14 heteroatoms. The molecular formula is C33H32ClN3O9S. The number of carbonyl (C=O) groups excluding carboxylic acids is 5. The Morgan fingerprint density at radius 3 is 2.43 bits per heavy atom. The summed E-state index contributed by atoms with van der Waals surface area (Å²) < 4.78 is 21.5. The molecule has 1 aliphatic heterocycles. The molecule has 3 aromatic carbocycles. The van der Waals surface area contributed by atoms with Gasteiger partial charge in [0.05, 0.1) is 42.0 Å². The van der Waals surface area contributed by atoms with Crippen molar-refractivity contribution >= 4 is 69.7 Å². The molecule has 0 saturated carbocycles. The fraction of sp³-hybridized carbons (Fsp3) is 0.242. The summed E-state index contributed by atoms with van der Waals surface area (Å²) in [6, 6.07) is 16.0. The van der Waals surface area contributed by atoms with Gasteiger partial charge in [-0.15, -0.1) is 0 Å². The predicted molar refractivity (Wildman–Crippen MR) is 178 cm³/mol. The van der Waals surface area contributed by atoms with Crippen molar-refractivity contribution in [2.24, 2.45) is 0 Å². The van der Waals surface area contributed by atoms with Crippen LogP contribution in [-0.2, 0) is 19.1 Å². The lowest BCUT2D eigenvalue weighted by atomic mass is 10.2. The average Bonchev–Trinajstić information content (AvgIpc) is 3.32. The number of hydrogen-bond acceptors (Lipinski definition) is 10. The van der Waals surface area contributed by atoms with Crippen molar-refractivity contribution in [1.29, 1.82) is 0 Å². The number of unbranched alkanes of at least 4 members (excludes halogenated alkanes) is 1. The zero-order valence-electron chi connectivity index (χ0n) is 25.8. The predicted octanol–water partition coefficient (Wildman–Crippen LogP) is 6.01. The van der Waals surface area contributed by atoms with Gasteiger partial charge < -0.3 is 29.6 Å². The number of amides is 4. The Bertz CT molecular complexity index is 1710. The van der Waals surface area contributed by atoms with Crippen molar-refractivity contribution in [2.45, 2.75) is 19.8 Å². The minimum atomic E-state index is -0.654. The van der Waals surface area contributed by atoms with Crippen molar-refractivity contribution in [3.8, 4) is 17.2 Å². The number of anilines is 2. The van der Waals surface area contributed by atoms with E-state index in [0.717, 1.165) is 11.3 Å². The first-order valence-corrected chi connectivity index (χ1v) is 15.6. The summed E-state index contributed by atoms with van der Waals surface area (Å²) in [6.45, 7) is 1.35. The van der Waals surface area contributed by atoms with E-state index in [1.807, 2.05) is 6.92 Å². The van der Waals surface area contributed by atoms with Gasteiger partial charge in [-0.25, -0.2) is 4.79 Å². The van der Waals surface area contributed by atoms with E-state index in [1.165, 1.54) is 38.5 Å². The number of imide groups is 1. The molecule has 0 unspecified atom stereocenters. The SMILES string of the molecule is CCCCOC(=O)c1cc(NC(=O)CN2C(=O)S/C(=C\c3ccc(OCC(=O)Nc4ccccc4OC)c(OC)c3)C2=O)ccc1Cl. The molecule has 0 atom stereocenters. The Morgan fingerprint density at radius 1 is 0.915 bits per heavy atom. The van der Waals surface area contributed by atoms with E-state index >= 15 is 0 Å². The third-order valence-electron chi connectivity index (χ3n) is 6.60. The second kappa shape index (κ2) is 16.5. The smallest absolute Gasteiger partial charge is 0.339 e. The number of halogens is 1. The Balaban J connectivity index is 1.37.